The number of halogens is 2. The molecule has 0 aliphatic carbocycles. The van der Waals surface area contributed by atoms with E-state index in [2.05, 4.69) is 0 Å². The van der Waals surface area contributed by atoms with Crippen LogP contribution >= 0.6 is 11.6 Å². The topological polar surface area (TPSA) is 46.6 Å². The van der Waals surface area contributed by atoms with Crippen molar-refractivity contribution in [3.05, 3.63) is 29.6 Å². The number of hydrogen-bond acceptors (Lipinski definition) is 3. The molecule has 1 heterocycles. The van der Waals surface area contributed by atoms with E-state index in [0.717, 1.165) is 6.07 Å². The van der Waals surface area contributed by atoms with Gasteiger partial charge in [0.2, 0.25) is 10.0 Å². The fourth-order valence-electron chi connectivity index (χ4n) is 2.02. The maximum absolute atomic E-state index is 13.3. The Morgan fingerprint density at radius 1 is 1.53 bits per heavy atom. The summed E-state index contributed by atoms with van der Waals surface area (Å²) in [6.07, 6.45) is -0.170. The number of rotatable bonds is 3. The number of hydrogen-bond donors (Lipinski definition) is 0. The summed E-state index contributed by atoms with van der Waals surface area (Å²) in [5, 5.41) is 0. The summed E-state index contributed by atoms with van der Waals surface area (Å²) in [5.41, 5.74) is 0.405. The van der Waals surface area contributed by atoms with Crippen LogP contribution < -0.4 is 0 Å². The zero-order valence-corrected chi connectivity index (χ0v) is 12.0. The summed E-state index contributed by atoms with van der Waals surface area (Å²) >= 11 is 5.73. The lowest BCUT2D eigenvalue weighted by Gasteiger charge is -2.30. The predicted molar refractivity (Wildman–Crippen MR) is 70.1 cm³/mol. The third-order valence-corrected chi connectivity index (χ3v) is 5.23. The van der Waals surface area contributed by atoms with Crippen molar-refractivity contribution in [2.24, 2.45) is 0 Å². The molecule has 0 radical (unpaired) electrons. The maximum Gasteiger partial charge on any atom is 0.243 e. The second-order valence-electron chi connectivity index (χ2n) is 4.43. The van der Waals surface area contributed by atoms with Gasteiger partial charge in [0.25, 0.3) is 0 Å². The van der Waals surface area contributed by atoms with E-state index in [1.165, 1.54) is 16.4 Å². The maximum atomic E-state index is 13.3. The fourth-order valence-corrected chi connectivity index (χ4v) is 4.07. The van der Waals surface area contributed by atoms with Crippen molar-refractivity contribution >= 4 is 21.6 Å². The molecule has 2 rings (SSSR count). The lowest BCUT2D eigenvalue weighted by Crippen LogP contribution is -2.44. The first-order valence-corrected chi connectivity index (χ1v) is 7.88. The molecule has 1 aromatic rings. The quantitative estimate of drug-likeness (QED) is 0.802. The Labute approximate surface area is 117 Å². The molecule has 0 N–H and O–H groups in total. The molecule has 106 valence electrons. The van der Waals surface area contributed by atoms with E-state index >= 15 is 0 Å². The lowest BCUT2D eigenvalue weighted by molar-refractivity contribution is 0.0101. The van der Waals surface area contributed by atoms with Gasteiger partial charge < -0.3 is 4.74 Å². The van der Waals surface area contributed by atoms with E-state index in [1.54, 1.807) is 6.92 Å². The Morgan fingerprint density at radius 2 is 2.26 bits per heavy atom. The number of ether oxygens (including phenoxy) is 1. The Hall–Kier alpha value is -0.690. The molecule has 0 amide bonds. The molecule has 1 aliphatic heterocycles. The van der Waals surface area contributed by atoms with Gasteiger partial charge in [0.05, 0.1) is 17.6 Å². The Morgan fingerprint density at radius 3 is 2.89 bits per heavy atom. The van der Waals surface area contributed by atoms with Crippen LogP contribution in [0.2, 0.25) is 0 Å². The summed E-state index contributed by atoms with van der Waals surface area (Å²) in [5.74, 6) is -0.567. The minimum absolute atomic E-state index is 0.0226. The number of sulfonamides is 1. The highest BCUT2D eigenvalue weighted by Gasteiger charge is 2.30. The van der Waals surface area contributed by atoms with Gasteiger partial charge in [0, 0.05) is 19.0 Å². The van der Waals surface area contributed by atoms with Gasteiger partial charge in [0.1, 0.15) is 5.82 Å². The summed E-state index contributed by atoms with van der Waals surface area (Å²) < 4.78 is 45.0. The summed E-state index contributed by atoms with van der Waals surface area (Å²) in [7, 11) is -3.73. The normalized spacial score (nSPS) is 21.5. The molecule has 1 aliphatic rings. The van der Waals surface area contributed by atoms with E-state index in [9.17, 15) is 12.8 Å². The molecule has 1 saturated heterocycles. The molecule has 19 heavy (non-hydrogen) atoms. The molecule has 1 fully saturated rings. The van der Waals surface area contributed by atoms with Crippen LogP contribution in [0.4, 0.5) is 4.39 Å². The summed E-state index contributed by atoms with van der Waals surface area (Å²) in [6.45, 7) is 2.67. The Balaban J connectivity index is 2.41. The van der Waals surface area contributed by atoms with E-state index < -0.39 is 15.8 Å². The minimum atomic E-state index is -3.73. The SMILES string of the molecule is CC1CN(S(=O)(=O)c2cc(F)ccc2CCl)CCO1. The van der Waals surface area contributed by atoms with Gasteiger partial charge in [-0.05, 0) is 24.6 Å². The zero-order valence-electron chi connectivity index (χ0n) is 10.5. The van der Waals surface area contributed by atoms with Crippen LogP contribution in [0.3, 0.4) is 0 Å². The van der Waals surface area contributed by atoms with Crippen LogP contribution in [0, 0.1) is 5.82 Å². The second-order valence-corrected chi connectivity index (χ2v) is 6.60. The number of alkyl halides is 1. The number of morpholine rings is 1. The number of benzene rings is 1. The van der Waals surface area contributed by atoms with Gasteiger partial charge in [0.15, 0.2) is 0 Å². The van der Waals surface area contributed by atoms with Gasteiger partial charge in [-0.3, -0.25) is 0 Å². The molecular formula is C12H15ClFNO3S. The van der Waals surface area contributed by atoms with Gasteiger partial charge in [-0.25, -0.2) is 12.8 Å². The molecule has 7 heteroatoms. The Kier molecular flexibility index (Phi) is 4.45. The van der Waals surface area contributed by atoms with Crippen molar-refractivity contribution in [2.45, 2.75) is 23.8 Å². The van der Waals surface area contributed by atoms with Crippen LogP contribution in [0.15, 0.2) is 23.1 Å². The molecule has 0 aromatic heterocycles. The van der Waals surface area contributed by atoms with Crippen molar-refractivity contribution in [1.82, 2.24) is 4.31 Å². The summed E-state index contributed by atoms with van der Waals surface area (Å²) in [6, 6.07) is 3.63. The van der Waals surface area contributed by atoms with Gasteiger partial charge in [-0.2, -0.15) is 4.31 Å². The third-order valence-electron chi connectivity index (χ3n) is 2.99. The van der Waals surface area contributed by atoms with Crippen LogP contribution in [0.5, 0.6) is 0 Å². The second kappa shape index (κ2) is 5.75. The molecule has 0 bridgehead atoms. The number of nitrogens with zero attached hydrogens (tertiary/aromatic N) is 1. The van der Waals surface area contributed by atoms with E-state index in [1.807, 2.05) is 0 Å². The first kappa shape index (κ1) is 14.7. The molecule has 1 atom stereocenters. The smallest absolute Gasteiger partial charge is 0.243 e. The first-order chi connectivity index (χ1) is 8.95. The van der Waals surface area contributed by atoms with E-state index in [0.29, 0.717) is 12.2 Å². The van der Waals surface area contributed by atoms with E-state index in [-0.39, 0.29) is 30.0 Å². The zero-order chi connectivity index (χ0) is 14.0. The van der Waals surface area contributed by atoms with Gasteiger partial charge >= 0.3 is 0 Å². The van der Waals surface area contributed by atoms with Crippen LogP contribution in [-0.2, 0) is 20.6 Å². The fraction of sp³-hybridized carbons (Fsp3) is 0.500. The summed E-state index contributed by atoms with van der Waals surface area (Å²) in [4.78, 5) is -0.0587. The van der Waals surface area contributed by atoms with Crippen molar-refractivity contribution in [2.75, 3.05) is 19.7 Å². The lowest BCUT2D eigenvalue weighted by atomic mass is 10.2. The van der Waals surface area contributed by atoms with Crippen molar-refractivity contribution in [3.8, 4) is 0 Å². The van der Waals surface area contributed by atoms with Crippen LogP contribution in [0.1, 0.15) is 12.5 Å². The van der Waals surface area contributed by atoms with Crippen LogP contribution in [0.25, 0.3) is 0 Å². The predicted octanol–water partition coefficient (Wildman–Crippen LogP) is 1.97. The van der Waals surface area contributed by atoms with Gasteiger partial charge in [-0.1, -0.05) is 6.07 Å². The highest BCUT2D eigenvalue weighted by Crippen LogP contribution is 2.24. The minimum Gasteiger partial charge on any atom is -0.376 e. The monoisotopic (exact) mass is 307 g/mol. The highest BCUT2D eigenvalue weighted by molar-refractivity contribution is 7.89. The molecule has 4 nitrogen and oxygen atoms in total. The average Bonchev–Trinajstić information content (AvgIpc) is 2.38. The molecule has 1 unspecified atom stereocenters. The molecule has 0 spiro atoms. The van der Waals surface area contributed by atoms with Crippen molar-refractivity contribution in [1.29, 1.82) is 0 Å². The van der Waals surface area contributed by atoms with Gasteiger partial charge in [-0.15, -0.1) is 11.6 Å². The van der Waals surface area contributed by atoms with Crippen molar-refractivity contribution < 1.29 is 17.5 Å². The standard InChI is InChI=1S/C12H15ClFNO3S/c1-9-8-15(4-5-18-9)19(16,17)12-6-11(14)3-2-10(12)7-13/h2-3,6,9H,4-5,7-8H2,1H3. The Bertz CT molecular complexity index is 564. The average molecular weight is 308 g/mol. The molecule has 1 aromatic carbocycles. The van der Waals surface area contributed by atoms with Crippen molar-refractivity contribution in [3.63, 3.8) is 0 Å². The third kappa shape index (κ3) is 3.08. The largest absolute Gasteiger partial charge is 0.376 e. The van der Waals surface area contributed by atoms with Crippen LogP contribution in [-0.4, -0.2) is 38.5 Å². The first-order valence-electron chi connectivity index (χ1n) is 5.91. The molecular weight excluding hydrogens is 293 g/mol. The molecule has 0 saturated carbocycles. The highest BCUT2D eigenvalue weighted by atomic mass is 35.5. The van der Waals surface area contributed by atoms with E-state index in [4.69, 9.17) is 16.3 Å².